The number of rotatable bonds is 6. The van der Waals surface area contributed by atoms with Crippen LogP contribution in [0.1, 0.15) is 12.6 Å². The predicted molar refractivity (Wildman–Crippen MR) is 88.1 cm³/mol. The van der Waals surface area contributed by atoms with Gasteiger partial charge in [-0.1, -0.05) is 18.5 Å². The predicted octanol–water partition coefficient (Wildman–Crippen LogP) is 3.34. The van der Waals surface area contributed by atoms with Crippen molar-refractivity contribution in [2.75, 3.05) is 11.3 Å². The average molecular weight is 393 g/mol. The number of aromatic nitrogens is 1. The molecule has 0 bridgehead atoms. The van der Waals surface area contributed by atoms with E-state index in [9.17, 15) is 8.42 Å². The number of hydrogen-bond donors (Lipinski definition) is 3. The van der Waals surface area contributed by atoms with E-state index in [1.54, 1.807) is 24.3 Å². The fourth-order valence-corrected chi connectivity index (χ4v) is 3.20. The standard InChI is InChI=1S/C13H15BrClN3O2S/c1-2-16-7-10-5-11(8-17-10)21(19,20)18-9-3-4-12(14)13(15)6-9/h3-6,8,16-18H,2,7H2,1H3. The smallest absolute Gasteiger partial charge is 0.263 e. The van der Waals surface area contributed by atoms with Crippen LogP contribution in [0.3, 0.4) is 0 Å². The Morgan fingerprint density at radius 1 is 1.33 bits per heavy atom. The van der Waals surface area contributed by atoms with Crippen LogP contribution in [-0.2, 0) is 16.6 Å². The molecular weight excluding hydrogens is 378 g/mol. The molecule has 8 heteroatoms. The van der Waals surface area contributed by atoms with Gasteiger partial charge in [-0.05, 0) is 46.7 Å². The maximum absolute atomic E-state index is 12.3. The number of H-pyrrole nitrogens is 1. The van der Waals surface area contributed by atoms with Gasteiger partial charge in [0.1, 0.15) is 4.90 Å². The molecule has 0 radical (unpaired) electrons. The van der Waals surface area contributed by atoms with Gasteiger partial charge in [-0.25, -0.2) is 8.42 Å². The van der Waals surface area contributed by atoms with Crippen molar-refractivity contribution in [1.82, 2.24) is 10.3 Å². The Bertz CT molecular complexity index is 731. The monoisotopic (exact) mass is 391 g/mol. The van der Waals surface area contributed by atoms with Crippen LogP contribution >= 0.6 is 27.5 Å². The summed E-state index contributed by atoms with van der Waals surface area (Å²) in [7, 11) is -3.63. The lowest BCUT2D eigenvalue weighted by Crippen LogP contribution is -2.13. The number of aromatic amines is 1. The summed E-state index contributed by atoms with van der Waals surface area (Å²) in [5, 5.41) is 3.57. The second kappa shape index (κ2) is 6.83. The molecule has 0 fully saturated rings. The number of hydrogen-bond acceptors (Lipinski definition) is 3. The van der Waals surface area contributed by atoms with Gasteiger partial charge in [0.05, 0.1) is 10.7 Å². The first-order valence-electron chi connectivity index (χ1n) is 6.28. The highest BCUT2D eigenvalue weighted by atomic mass is 79.9. The Morgan fingerprint density at radius 2 is 2.10 bits per heavy atom. The minimum absolute atomic E-state index is 0.189. The summed E-state index contributed by atoms with van der Waals surface area (Å²) in [6, 6.07) is 6.48. The Balaban J connectivity index is 2.17. The second-order valence-corrected chi connectivity index (χ2v) is 7.32. The minimum Gasteiger partial charge on any atom is -0.363 e. The molecule has 1 aromatic carbocycles. The first-order chi connectivity index (χ1) is 9.92. The third kappa shape index (κ3) is 4.23. The van der Waals surface area contributed by atoms with Crippen LogP contribution in [0.15, 0.2) is 39.8 Å². The first kappa shape index (κ1) is 16.4. The van der Waals surface area contributed by atoms with Crippen LogP contribution in [0.4, 0.5) is 5.69 Å². The average Bonchev–Trinajstić information content (AvgIpc) is 2.90. The molecule has 114 valence electrons. The highest BCUT2D eigenvalue weighted by molar-refractivity contribution is 9.10. The van der Waals surface area contributed by atoms with Crippen molar-refractivity contribution in [1.29, 1.82) is 0 Å². The zero-order valence-corrected chi connectivity index (χ0v) is 14.4. The van der Waals surface area contributed by atoms with E-state index >= 15 is 0 Å². The van der Waals surface area contributed by atoms with Crippen molar-refractivity contribution in [3.63, 3.8) is 0 Å². The molecule has 0 amide bonds. The third-order valence-electron chi connectivity index (χ3n) is 2.76. The van der Waals surface area contributed by atoms with Gasteiger partial charge in [-0.15, -0.1) is 0 Å². The van der Waals surface area contributed by atoms with E-state index in [2.05, 4.69) is 31.0 Å². The fourth-order valence-electron chi connectivity index (χ4n) is 1.71. The molecule has 1 aromatic heterocycles. The molecule has 0 aliphatic carbocycles. The Kier molecular flexibility index (Phi) is 5.32. The normalized spacial score (nSPS) is 11.6. The number of halogens is 2. The lowest BCUT2D eigenvalue weighted by Gasteiger charge is -2.07. The van der Waals surface area contributed by atoms with Crippen molar-refractivity contribution in [2.45, 2.75) is 18.4 Å². The van der Waals surface area contributed by atoms with E-state index in [0.717, 1.165) is 12.2 Å². The van der Waals surface area contributed by atoms with Crippen LogP contribution < -0.4 is 10.0 Å². The molecule has 0 aliphatic rings. The summed E-state index contributed by atoms with van der Waals surface area (Å²) >= 11 is 9.21. The molecule has 0 unspecified atom stereocenters. The molecule has 3 N–H and O–H groups in total. The van der Waals surface area contributed by atoms with Crippen LogP contribution in [0, 0.1) is 0 Å². The molecule has 2 aromatic rings. The lowest BCUT2D eigenvalue weighted by molar-refractivity contribution is 0.601. The fraction of sp³-hybridized carbons (Fsp3) is 0.231. The Labute approximate surface area is 137 Å². The van der Waals surface area contributed by atoms with Gasteiger partial charge >= 0.3 is 0 Å². The molecule has 2 rings (SSSR count). The third-order valence-corrected chi connectivity index (χ3v) is 5.36. The van der Waals surface area contributed by atoms with Crippen molar-refractivity contribution < 1.29 is 8.42 Å². The van der Waals surface area contributed by atoms with E-state index in [1.807, 2.05) is 6.92 Å². The highest BCUT2D eigenvalue weighted by Gasteiger charge is 2.16. The maximum atomic E-state index is 12.3. The minimum atomic E-state index is -3.63. The van der Waals surface area contributed by atoms with E-state index in [-0.39, 0.29) is 4.90 Å². The second-order valence-electron chi connectivity index (χ2n) is 4.38. The zero-order chi connectivity index (χ0) is 15.5. The van der Waals surface area contributed by atoms with Crippen LogP contribution in [-0.4, -0.2) is 19.9 Å². The van der Waals surface area contributed by atoms with Gasteiger partial charge in [-0.3, -0.25) is 4.72 Å². The summed E-state index contributed by atoms with van der Waals surface area (Å²) in [6.45, 7) is 3.40. The quantitative estimate of drug-likeness (QED) is 0.706. The van der Waals surface area contributed by atoms with Gasteiger partial charge in [0.15, 0.2) is 0 Å². The first-order valence-corrected chi connectivity index (χ1v) is 8.93. The van der Waals surface area contributed by atoms with E-state index < -0.39 is 10.0 Å². The van der Waals surface area contributed by atoms with Gasteiger partial charge in [0, 0.05) is 22.9 Å². The Hall–Kier alpha value is -1.02. The zero-order valence-electron chi connectivity index (χ0n) is 11.3. The molecular formula is C13H15BrClN3O2S. The molecule has 5 nitrogen and oxygen atoms in total. The number of nitrogens with one attached hydrogen (secondary N) is 3. The largest absolute Gasteiger partial charge is 0.363 e. The summed E-state index contributed by atoms with van der Waals surface area (Å²) in [6.07, 6.45) is 1.47. The van der Waals surface area contributed by atoms with Crippen molar-refractivity contribution in [2.24, 2.45) is 0 Å². The molecule has 0 aliphatic heterocycles. The van der Waals surface area contributed by atoms with Crippen molar-refractivity contribution >= 4 is 43.2 Å². The summed E-state index contributed by atoms with van der Waals surface area (Å²) in [5.74, 6) is 0. The number of benzene rings is 1. The topological polar surface area (TPSA) is 74.0 Å². The maximum Gasteiger partial charge on any atom is 0.263 e. The summed E-state index contributed by atoms with van der Waals surface area (Å²) in [4.78, 5) is 3.13. The highest BCUT2D eigenvalue weighted by Crippen LogP contribution is 2.27. The van der Waals surface area contributed by atoms with Crippen LogP contribution in [0.25, 0.3) is 0 Å². The van der Waals surface area contributed by atoms with Crippen LogP contribution in [0.5, 0.6) is 0 Å². The molecule has 0 saturated carbocycles. The van der Waals surface area contributed by atoms with E-state index in [1.165, 1.54) is 6.20 Å². The number of sulfonamides is 1. The van der Waals surface area contributed by atoms with Crippen LogP contribution in [0.2, 0.25) is 5.02 Å². The van der Waals surface area contributed by atoms with E-state index in [4.69, 9.17) is 11.6 Å². The molecule has 21 heavy (non-hydrogen) atoms. The molecule has 0 saturated heterocycles. The number of anilines is 1. The molecule has 1 heterocycles. The van der Waals surface area contributed by atoms with Crippen molar-refractivity contribution in [3.05, 3.63) is 45.7 Å². The Morgan fingerprint density at radius 3 is 2.76 bits per heavy atom. The van der Waals surface area contributed by atoms with E-state index in [0.29, 0.717) is 21.7 Å². The van der Waals surface area contributed by atoms with Gasteiger partial charge in [0.25, 0.3) is 10.0 Å². The van der Waals surface area contributed by atoms with Crippen molar-refractivity contribution in [3.8, 4) is 0 Å². The lowest BCUT2D eigenvalue weighted by atomic mass is 10.3. The summed E-state index contributed by atoms with van der Waals surface area (Å²) in [5.41, 5.74) is 1.23. The summed E-state index contributed by atoms with van der Waals surface area (Å²) < 4.78 is 27.8. The molecule has 0 atom stereocenters. The van der Waals surface area contributed by atoms with Gasteiger partial charge < -0.3 is 10.3 Å². The van der Waals surface area contributed by atoms with Gasteiger partial charge in [-0.2, -0.15) is 0 Å². The van der Waals surface area contributed by atoms with Gasteiger partial charge in [0.2, 0.25) is 0 Å². The molecule has 0 spiro atoms. The SMILES string of the molecule is CCNCc1cc(S(=O)(=O)Nc2ccc(Br)c(Cl)c2)c[nH]1.